The van der Waals surface area contributed by atoms with E-state index in [9.17, 15) is 0 Å². The third-order valence-corrected chi connectivity index (χ3v) is 7.42. The molecule has 0 amide bonds. The van der Waals surface area contributed by atoms with Crippen molar-refractivity contribution in [2.24, 2.45) is 0 Å². The van der Waals surface area contributed by atoms with Crippen LogP contribution < -0.4 is 4.90 Å². The highest BCUT2D eigenvalue weighted by molar-refractivity contribution is 6.27. The van der Waals surface area contributed by atoms with Crippen molar-refractivity contribution in [3.8, 4) is 23.7 Å². The minimum Gasteiger partial charge on any atom is -0.372 e. The van der Waals surface area contributed by atoms with Crippen molar-refractivity contribution < 1.29 is 0 Å². The number of hydrogen-bond acceptors (Lipinski definition) is 1. The van der Waals surface area contributed by atoms with Crippen LogP contribution in [0.4, 0.5) is 5.69 Å². The van der Waals surface area contributed by atoms with Crippen molar-refractivity contribution in [3.05, 3.63) is 125 Å². The first-order chi connectivity index (χ1) is 18.7. The monoisotopic (exact) mass is 487 g/mol. The van der Waals surface area contributed by atoms with Crippen LogP contribution in [-0.2, 0) is 0 Å². The van der Waals surface area contributed by atoms with Crippen LogP contribution in [0.25, 0.3) is 32.3 Å². The summed E-state index contributed by atoms with van der Waals surface area (Å²) in [5.41, 5.74) is 6.67. The molecule has 0 saturated heterocycles. The van der Waals surface area contributed by atoms with E-state index in [-0.39, 0.29) is 0 Å². The van der Waals surface area contributed by atoms with Crippen molar-refractivity contribution >= 4 is 38.0 Å². The predicted octanol–water partition coefficient (Wildman–Crippen LogP) is 8.54. The molecule has 6 rings (SSSR count). The van der Waals surface area contributed by atoms with Gasteiger partial charge in [-0.15, -0.1) is 0 Å². The van der Waals surface area contributed by atoms with Crippen LogP contribution in [-0.4, -0.2) is 13.1 Å². The molecule has 0 N–H and O–H groups in total. The molecule has 0 saturated carbocycles. The number of anilines is 1. The van der Waals surface area contributed by atoms with Gasteiger partial charge in [0.15, 0.2) is 0 Å². The lowest BCUT2D eigenvalue weighted by Gasteiger charge is -2.25. The van der Waals surface area contributed by atoms with Crippen LogP contribution in [0.3, 0.4) is 0 Å². The number of rotatable bonds is 3. The summed E-state index contributed by atoms with van der Waals surface area (Å²) >= 11 is 0. The van der Waals surface area contributed by atoms with Gasteiger partial charge in [0.1, 0.15) is 0 Å². The third-order valence-electron chi connectivity index (χ3n) is 7.42. The van der Waals surface area contributed by atoms with Gasteiger partial charge in [0.2, 0.25) is 0 Å². The molecule has 0 spiro atoms. The summed E-state index contributed by atoms with van der Waals surface area (Å²) in [5.74, 6) is 13.8. The van der Waals surface area contributed by atoms with Gasteiger partial charge >= 0.3 is 0 Å². The van der Waals surface area contributed by atoms with Gasteiger partial charge in [0, 0.05) is 51.8 Å². The molecule has 0 radical (unpaired) electrons. The highest BCUT2D eigenvalue weighted by atomic mass is 15.1. The first kappa shape index (κ1) is 23.7. The summed E-state index contributed by atoms with van der Waals surface area (Å²) in [6.07, 6.45) is 0. The highest BCUT2D eigenvalue weighted by Crippen LogP contribution is 2.42. The van der Waals surface area contributed by atoms with Crippen molar-refractivity contribution in [3.63, 3.8) is 0 Å². The fourth-order valence-corrected chi connectivity index (χ4v) is 5.51. The van der Waals surface area contributed by atoms with Crippen LogP contribution in [0.15, 0.2) is 97.1 Å². The lowest BCUT2D eigenvalue weighted by Crippen LogP contribution is -2.22. The first-order valence-electron chi connectivity index (χ1n) is 13.3. The standard InChI is InChI=1S/C37H29N/c1-4-38(5-2)35-25-30(19-17-28-14-10-7-11-15-28)33-22-21-32-29(18-16-27-12-8-6-9-13-27)24-26(3)31-20-23-34(35)37(33)36(31)32/h6-15,20-25H,4-5H2,1-3H3. The summed E-state index contributed by atoms with van der Waals surface area (Å²) in [5, 5.41) is 7.53. The normalized spacial score (nSPS) is 10.8. The molecule has 182 valence electrons. The Labute approximate surface area is 225 Å². The van der Waals surface area contributed by atoms with E-state index >= 15 is 0 Å². The Kier molecular flexibility index (Phi) is 6.21. The summed E-state index contributed by atoms with van der Waals surface area (Å²) in [7, 11) is 0. The van der Waals surface area contributed by atoms with Crippen LogP contribution in [0, 0.1) is 30.6 Å². The van der Waals surface area contributed by atoms with Crippen LogP contribution in [0.2, 0.25) is 0 Å². The van der Waals surface area contributed by atoms with E-state index < -0.39 is 0 Å². The molecule has 0 unspecified atom stereocenters. The fourth-order valence-electron chi connectivity index (χ4n) is 5.51. The Hall–Kier alpha value is -4.72. The van der Waals surface area contributed by atoms with Gasteiger partial charge in [-0.1, -0.05) is 84.3 Å². The summed E-state index contributed by atoms with van der Waals surface area (Å²) in [6, 6.07) is 34.0. The molecular formula is C37H29N. The van der Waals surface area contributed by atoms with Gasteiger partial charge in [0.25, 0.3) is 0 Å². The third kappa shape index (κ3) is 4.14. The second kappa shape index (κ2) is 9.97. The van der Waals surface area contributed by atoms with Gasteiger partial charge in [-0.2, -0.15) is 0 Å². The predicted molar refractivity (Wildman–Crippen MR) is 163 cm³/mol. The smallest absolute Gasteiger partial charge is 0.0458 e. The molecule has 0 atom stereocenters. The molecule has 0 aliphatic carbocycles. The average molecular weight is 488 g/mol. The zero-order valence-electron chi connectivity index (χ0n) is 22.1. The minimum absolute atomic E-state index is 0.943. The Balaban J connectivity index is 1.68. The van der Waals surface area contributed by atoms with E-state index in [1.165, 1.54) is 43.6 Å². The van der Waals surface area contributed by atoms with E-state index in [1.54, 1.807) is 0 Å². The van der Waals surface area contributed by atoms with E-state index in [1.807, 2.05) is 36.4 Å². The molecule has 0 aromatic heterocycles. The SMILES string of the molecule is CCN(CC)c1cc(C#Cc2ccccc2)c2ccc3c(C#Cc4ccccc4)cc(C)c4ccc1c2c43. The van der Waals surface area contributed by atoms with E-state index in [4.69, 9.17) is 0 Å². The molecule has 1 heteroatoms. The largest absolute Gasteiger partial charge is 0.372 e. The molecule has 1 nitrogen and oxygen atoms in total. The van der Waals surface area contributed by atoms with E-state index in [0.717, 1.165) is 35.3 Å². The first-order valence-corrected chi connectivity index (χ1v) is 13.3. The number of benzene rings is 6. The molecule has 6 aromatic rings. The van der Waals surface area contributed by atoms with Crippen molar-refractivity contribution in [1.29, 1.82) is 0 Å². The molecule has 0 fully saturated rings. The molecule has 38 heavy (non-hydrogen) atoms. The Morgan fingerprint density at radius 3 is 1.55 bits per heavy atom. The van der Waals surface area contributed by atoms with Gasteiger partial charge in [-0.05, 0) is 84.3 Å². The molecular weight excluding hydrogens is 458 g/mol. The highest BCUT2D eigenvalue weighted by Gasteiger charge is 2.18. The fraction of sp³-hybridized carbons (Fsp3) is 0.135. The topological polar surface area (TPSA) is 3.24 Å². The lowest BCUT2D eigenvalue weighted by molar-refractivity contribution is 0.870. The zero-order valence-corrected chi connectivity index (χ0v) is 22.1. The minimum atomic E-state index is 0.943. The summed E-state index contributed by atoms with van der Waals surface area (Å²) < 4.78 is 0. The maximum absolute atomic E-state index is 3.53. The zero-order chi connectivity index (χ0) is 26.1. The van der Waals surface area contributed by atoms with Crippen LogP contribution >= 0.6 is 0 Å². The summed E-state index contributed by atoms with van der Waals surface area (Å²) in [4.78, 5) is 2.43. The number of aryl methyl sites for hydroxylation is 1. The second-order valence-corrected chi connectivity index (χ2v) is 9.66. The molecule has 6 aromatic carbocycles. The van der Waals surface area contributed by atoms with Crippen molar-refractivity contribution in [2.45, 2.75) is 20.8 Å². The molecule has 0 heterocycles. The Bertz CT molecular complexity index is 1890. The molecule has 0 aliphatic rings. The van der Waals surface area contributed by atoms with Crippen LogP contribution in [0.1, 0.15) is 41.7 Å². The van der Waals surface area contributed by atoms with Crippen LogP contribution in [0.5, 0.6) is 0 Å². The molecule has 0 bridgehead atoms. The van der Waals surface area contributed by atoms with Crippen molar-refractivity contribution in [2.75, 3.05) is 18.0 Å². The lowest BCUT2D eigenvalue weighted by atomic mass is 9.87. The quantitative estimate of drug-likeness (QED) is 0.179. The van der Waals surface area contributed by atoms with Crippen molar-refractivity contribution in [1.82, 2.24) is 0 Å². The summed E-state index contributed by atoms with van der Waals surface area (Å²) in [6.45, 7) is 8.52. The maximum Gasteiger partial charge on any atom is 0.0458 e. The van der Waals surface area contributed by atoms with Gasteiger partial charge < -0.3 is 4.90 Å². The second-order valence-electron chi connectivity index (χ2n) is 9.66. The number of hydrogen-bond donors (Lipinski definition) is 0. The average Bonchev–Trinajstić information content (AvgIpc) is 2.97. The van der Waals surface area contributed by atoms with Gasteiger partial charge in [-0.3, -0.25) is 0 Å². The number of nitrogens with zero attached hydrogens (tertiary/aromatic N) is 1. The van der Waals surface area contributed by atoms with Gasteiger partial charge in [0.05, 0.1) is 0 Å². The molecule has 0 aliphatic heterocycles. The van der Waals surface area contributed by atoms with Gasteiger partial charge in [-0.25, -0.2) is 0 Å². The van der Waals surface area contributed by atoms with E-state index in [2.05, 4.69) is 110 Å². The maximum atomic E-state index is 3.53. The van der Waals surface area contributed by atoms with E-state index in [0.29, 0.717) is 0 Å². The Morgan fingerprint density at radius 2 is 1.00 bits per heavy atom. The Morgan fingerprint density at radius 1 is 0.526 bits per heavy atom.